The maximum Gasteiger partial charge on any atom is 0.410 e. The van der Waals surface area contributed by atoms with Crippen molar-refractivity contribution in [1.29, 1.82) is 0 Å². The Labute approximate surface area is 462 Å². The number of carbonyl (C=O) groups excluding carboxylic acids is 6. The average Bonchev–Trinajstić information content (AvgIpc) is 3.16. The summed E-state index contributed by atoms with van der Waals surface area (Å²) < 4.78 is 25.0. The largest absolute Gasteiger partial charge is 0.465 e. The Morgan fingerprint density at radius 1 is 0.899 bits per heavy atom. The Morgan fingerprint density at radius 3 is 2.28 bits per heavy atom. The number of allylic oxidation sites excluding steroid dienone is 4. The molecule has 11 atom stereocenters. The summed E-state index contributed by atoms with van der Waals surface area (Å²) in [5.41, 5.74) is 5.13. The van der Waals surface area contributed by atoms with Crippen molar-refractivity contribution >= 4 is 41.0 Å². The molecule has 4 aromatic carbocycles. The lowest BCUT2D eigenvalue weighted by Gasteiger charge is -2.59. The van der Waals surface area contributed by atoms with Gasteiger partial charge in [-0.1, -0.05) is 117 Å². The summed E-state index contributed by atoms with van der Waals surface area (Å²) in [6.45, 7) is 12.2. The fourth-order valence-corrected chi connectivity index (χ4v) is 14.5. The Hall–Kier alpha value is -6.58. The first-order valence-corrected chi connectivity index (χ1v) is 28.1. The van der Waals surface area contributed by atoms with E-state index < -0.39 is 76.9 Å². The van der Waals surface area contributed by atoms with Gasteiger partial charge >= 0.3 is 12.1 Å². The van der Waals surface area contributed by atoms with E-state index in [1.807, 2.05) is 79.7 Å². The number of esters is 1. The molecule has 1 aliphatic heterocycles. The molecule has 6 aliphatic rings. The van der Waals surface area contributed by atoms with E-state index in [9.17, 15) is 39.0 Å². The van der Waals surface area contributed by atoms with Crippen LogP contribution in [0.3, 0.4) is 0 Å². The van der Waals surface area contributed by atoms with Gasteiger partial charge in [0.05, 0.1) is 18.2 Å². The number of ether oxygens (including phenoxy) is 4. The van der Waals surface area contributed by atoms with Crippen LogP contribution >= 0.6 is 0 Å². The molecule has 14 nitrogen and oxygen atoms in total. The number of ketones is 3. The molecule has 4 aromatic rings. The van der Waals surface area contributed by atoms with Crippen LogP contribution in [0, 0.1) is 34.5 Å². The van der Waals surface area contributed by atoms with Crippen LogP contribution in [0.15, 0.2) is 121 Å². The van der Waals surface area contributed by atoms with Crippen LogP contribution in [0.2, 0.25) is 0 Å². The van der Waals surface area contributed by atoms with Crippen LogP contribution in [-0.4, -0.2) is 99.6 Å². The van der Waals surface area contributed by atoms with Crippen molar-refractivity contribution in [3.63, 3.8) is 0 Å². The molecule has 1 saturated heterocycles. The molecular weight excluding hydrogens is 1000 g/mol. The molecule has 0 radical (unpaired) electrons. The van der Waals surface area contributed by atoms with E-state index in [0.717, 1.165) is 57.4 Å². The predicted octanol–water partition coefficient (Wildman–Crippen LogP) is 10.2. The zero-order valence-electron chi connectivity index (χ0n) is 46.4. The molecule has 0 bridgehead atoms. The molecule has 14 heteroatoms. The number of anilines is 1. The second-order valence-corrected chi connectivity index (χ2v) is 24.4. The van der Waals surface area contributed by atoms with Crippen LogP contribution in [0.5, 0.6) is 0 Å². The van der Waals surface area contributed by atoms with Gasteiger partial charge < -0.3 is 34.5 Å². The van der Waals surface area contributed by atoms with Gasteiger partial charge in [0.25, 0.3) is 0 Å². The summed E-state index contributed by atoms with van der Waals surface area (Å²) >= 11 is 0. The third-order valence-electron chi connectivity index (χ3n) is 18.3. The van der Waals surface area contributed by atoms with E-state index in [1.54, 1.807) is 52.8 Å². The van der Waals surface area contributed by atoms with Gasteiger partial charge in [0, 0.05) is 59.2 Å². The topological polar surface area (TPSA) is 195 Å². The number of hydrogen-bond donors (Lipinski definition) is 3. The van der Waals surface area contributed by atoms with Crippen LogP contribution in [0.4, 0.5) is 10.5 Å². The fraction of sp³-hybridized carbons (Fsp3) is 0.477. The van der Waals surface area contributed by atoms with Gasteiger partial charge in [0.15, 0.2) is 29.2 Å². The lowest BCUT2D eigenvalue weighted by molar-refractivity contribution is -0.201. The average molecular weight is 1080 g/mol. The summed E-state index contributed by atoms with van der Waals surface area (Å²) in [5, 5.41) is 25.4. The van der Waals surface area contributed by atoms with E-state index in [1.165, 1.54) is 4.90 Å². The monoisotopic (exact) mass is 1070 g/mol. The summed E-state index contributed by atoms with van der Waals surface area (Å²) in [4.78, 5) is 81.9. The lowest BCUT2D eigenvalue weighted by Crippen LogP contribution is -2.63. The predicted molar refractivity (Wildman–Crippen MR) is 296 cm³/mol. The standard InChI is InChI=1S/C65H74N2O12/c1-38(30-53(70)39(2)67(61(75)79-62(3,4)5)29-13-20-57(73)76-37-51-48-18-10-8-16-46(48)47-17-9-11-19-49(47)51)59(74)66-44-15-12-14-41(32-44)31-40-21-23-42(24-22-40)60-77-56-34-52-50-26-25-43-33-45(69)27-28-63(43,6)58(50)54(71)35-64(52,7)65(56,78-60)55(72)36-68/h8-12,14-19,21-24,27-28,32-33,38-39,50-52,54,56,58,60,68,71H,13,20,25-26,29-31,34-37H2,1-7H3,(H,66,74)/t38-,39+,50+,52+,54+,56-,58-,60-,63+,64+,65-/m1/s1. The van der Waals surface area contributed by atoms with E-state index in [-0.39, 0.29) is 73.6 Å². The molecule has 4 fully saturated rings. The Balaban J connectivity index is 0.729. The SMILES string of the molecule is C[C@H](CC(=O)[C@H](C)N(CCCC(=O)OCC1c2ccccc2-c2ccccc21)C(=O)OC(C)(C)C)C(=O)Nc1cccc(Cc2ccc([C@@H]3O[C@@H]4C[C@H]5[C@@H]6CCC7=CC(=O)C=C[C@]7(C)[C@H]6[C@@H](O)C[C@]5(C)[C@]4(C(=O)CO)O3)cc2)c1. The van der Waals surface area contributed by atoms with Crippen molar-refractivity contribution in [1.82, 2.24) is 4.90 Å². The zero-order valence-corrected chi connectivity index (χ0v) is 46.4. The fourth-order valence-electron chi connectivity index (χ4n) is 14.5. The molecule has 0 unspecified atom stereocenters. The van der Waals surface area contributed by atoms with Crippen molar-refractivity contribution in [2.75, 3.05) is 25.1 Å². The maximum atomic E-state index is 14.1. The Kier molecular flexibility index (Phi) is 15.4. The van der Waals surface area contributed by atoms with Crippen LogP contribution in [0.1, 0.15) is 133 Å². The van der Waals surface area contributed by atoms with E-state index in [2.05, 4.69) is 36.5 Å². The highest BCUT2D eigenvalue weighted by molar-refractivity contribution is 6.01. The number of nitrogens with one attached hydrogen (secondary N) is 1. The normalized spacial score (nSPS) is 28.2. The highest BCUT2D eigenvalue weighted by Crippen LogP contribution is 2.70. The van der Waals surface area contributed by atoms with E-state index in [0.29, 0.717) is 24.9 Å². The van der Waals surface area contributed by atoms with Crippen LogP contribution in [-0.2, 0) is 49.3 Å². The molecule has 2 amide bonds. The molecule has 5 aliphatic carbocycles. The van der Waals surface area contributed by atoms with Gasteiger partial charge in [0.2, 0.25) is 5.91 Å². The first-order chi connectivity index (χ1) is 37.6. The molecule has 3 saturated carbocycles. The van der Waals surface area contributed by atoms with Gasteiger partial charge in [-0.15, -0.1) is 0 Å². The van der Waals surface area contributed by atoms with Gasteiger partial charge in [-0.25, -0.2) is 4.79 Å². The van der Waals surface area contributed by atoms with Gasteiger partial charge in [-0.3, -0.25) is 28.9 Å². The molecular formula is C65H74N2O12. The number of Topliss-reactive ketones (excluding diaryl/α,β-unsaturated/α-hetero) is 2. The minimum Gasteiger partial charge on any atom is -0.465 e. The first-order valence-electron chi connectivity index (χ1n) is 28.1. The number of benzene rings is 4. The summed E-state index contributed by atoms with van der Waals surface area (Å²) in [7, 11) is 0. The van der Waals surface area contributed by atoms with Gasteiger partial charge in [-0.2, -0.15) is 0 Å². The first kappa shape index (κ1) is 55.7. The molecule has 10 rings (SSSR count). The molecule has 0 aromatic heterocycles. The van der Waals surface area contributed by atoms with Crippen molar-refractivity contribution < 1.29 is 57.9 Å². The summed E-state index contributed by atoms with van der Waals surface area (Å²) in [5.74, 6) is -2.48. The lowest BCUT2D eigenvalue weighted by atomic mass is 9.46. The Morgan fingerprint density at radius 2 is 1.59 bits per heavy atom. The second kappa shape index (κ2) is 21.8. The number of hydrogen-bond acceptors (Lipinski definition) is 12. The van der Waals surface area contributed by atoms with Gasteiger partial charge in [0.1, 0.15) is 18.8 Å². The minimum atomic E-state index is -1.46. The quantitative estimate of drug-likeness (QED) is 0.0848. The van der Waals surface area contributed by atoms with Crippen molar-refractivity contribution in [3.8, 4) is 11.1 Å². The molecule has 3 N–H and O–H groups in total. The van der Waals surface area contributed by atoms with Crippen molar-refractivity contribution in [2.24, 2.45) is 34.5 Å². The molecule has 416 valence electrons. The smallest absolute Gasteiger partial charge is 0.410 e. The maximum absolute atomic E-state index is 14.1. The third kappa shape index (κ3) is 10.5. The zero-order chi connectivity index (χ0) is 56.2. The summed E-state index contributed by atoms with van der Waals surface area (Å²) in [6.07, 6.45) is 5.33. The second-order valence-electron chi connectivity index (χ2n) is 24.4. The van der Waals surface area contributed by atoms with Crippen molar-refractivity contribution in [3.05, 3.63) is 149 Å². The highest BCUT2D eigenvalue weighted by atomic mass is 16.7. The number of amides is 2. The molecule has 0 spiro atoms. The highest BCUT2D eigenvalue weighted by Gasteiger charge is 2.76. The summed E-state index contributed by atoms with van der Waals surface area (Å²) in [6, 6.07) is 30.5. The number of aliphatic hydroxyl groups excluding tert-OH is 2. The Bertz CT molecular complexity index is 3060. The number of carbonyl (C=O) groups is 6. The van der Waals surface area contributed by atoms with Crippen molar-refractivity contribution in [2.45, 2.75) is 141 Å². The number of fused-ring (bicyclic) bond motifs is 10. The number of aliphatic hydroxyl groups is 2. The van der Waals surface area contributed by atoms with Crippen LogP contribution < -0.4 is 5.32 Å². The van der Waals surface area contributed by atoms with Crippen LogP contribution in [0.25, 0.3) is 11.1 Å². The number of nitrogens with zero attached hydrogens (tertiary/aromatic N) is 1. The molecule has 1 heterocycles. The van der Waals surface area contributed by atoms with E-state index >= 15 is 0 Å². The number of rotatable bonds is 17. The van der Waals surface area contributed by atoms with Gasteiger partial charge in [-0.05, 0) is 136 Å². The third-order valence-corrected chi connectivity index (χ3v) is 18.3. The van der Waals surface area contributed by atoms with E-state index in [4.69, 9.17) is 18.9 Å². The minimum absolute atomic E-state index is 0.0141. The molecule has 79 heavy (non-hydrogen) atoms.